The molecule has 2 atom stereocenters. The van der Waals surface area contributed by atoms with Crippen molar-refractivity contribution in [3.05, 3.63) is 100 Å². The molecule has 0 saturated heterocycles. The maximum absolute atomic E-state index is 13.4. The van der Waals surface area contributed by atoms with Crippen molar-refractivity contribution in [1.29, 1.82) is 0 Å². The molecule has 0 unspecified atom stereocenters. The molecule has 0 N–H and O–H groups in total. The zero-order valence-electron chi connectivity index (χ0n) is 14.6. The van der Waals surface area contributed by atoms with Gasteiger partial charge in [0.1, 0.15) is 17.4 Å². The van der Waals surface area contributed by atoms with E-state index in [1.165, 1.54) is 24.3 Å². The second-order valence-electron chi connectivity index (χ2n) is 6.86. The first kappa shape index (κ1) is 17.2. The van der Waals surface area contributed by atoms with Crippen LogP contribution in [0, 0.1) is 11.6 Å². The third kappa shape index (κ3) is 2.92. The lowest BCUT2D eigenvalue weighted by atomic mass is 9.96. The van der Waals surface area contributed by atoms with Crippen LogP contribution in [0.2, 0.25) is 5.02 Å². The van der Waals surface area contributed by atoms with E-state index in [-0.39, 0.29) is 17.7 Å². The summed E-state index contributed by atoms with van der Waals surface area (Å²) in [5, 5.41) is 7.29. The van der Waals surface area contributed by atoms with Crippen molar-refractivity contribution in [3.63, 3.8) is 0 Å². The zero-order chi connectivity index (χ0) is 19.3. The first-order chi connectivity index (χ1) is 13.6. The quantitative estimate of drug-likeness (QED) is 0.542. The summed E-state index contributed by atoms with van der Waals surface area (Å²) in [6.07, 6.45) is 0.150. The molecule has 0 radical (unpaired) electrons. The van der Waals surface area contributed by atoms with Crippen molar-refractivity contribution in [1.82, 2.24) is 5.01 Å². The molecule has 2 aliphatic heterocycles. The van der Waals surface area contributed by atoms with Gasteiger partial charge < -0.3 is 4.74 Å². The molecule has 28 heavy (non-hydrogen) atoms. The van der Waals surface area contributed by atoms with Crippen LogP contribution >= 0.6 is 11.6 Å². The Labute approximate surface area is 165 Å². The van der Waals surface area contributed by atoms with Crippen LogP contribution in [0.5, 0.6) is 5.75 Å². The number of halogens is 3. The Morgan fingerprint density at radius 2 is 1.61 bits per heavy atom. The lowest BCUT2D eigenvalue weighted by molar-refractivity contribution is -0.0190. The Bertz CT molecular complexity index is 1070. The number of hydrogen-bond acceptors (Lipinski definition) is 3. The Hall–Kier alpha value is -2.92. The van der Waals surface area contributed by atoms with Gasteiger partial charge in [-0.3, -0.25) is 0 Å². The Morgan fingerprint density at radius 3 is 2.32 bits per heavy atom. The third-order valence-electron chi connectivity index (χ3n) is 5.08. The van der Waals surface area contributed by atoms with Crippen LogP contribution in [0.15, 0.2) is 71.8 Å². The van der Waals surface area contributed by atoms with E-state index in [2.05, 4.69) is 0 Å². The van der Waals surface area contributed by atoms with Crippen LogP contribution in [0.1, 0.15) is 35.4 Å². The third-order valence-corrected chi connectivity index (χ3v) is 5.32. The first-order valence-corrected chi connectivity index (χ1v) is 9.29. The Morgan fingerprint density at radius 1 is 0.929 bits per heavy atom. The van der Waals surface area contributed by atoms with Crippen LogP contribution in [-0.4, -0.2) is 10.7 Å². The van der Waals surface area contributed by atoms with Gasteiger partial charge in [0.25, 0.3) is 0 Å². The highest BCUT2D eigenvalue weighted by Gasteiger charge is 2.41. The van der Waals surface area contributed by atoms with Crippen LogP contribution in [-0.2, 0) is 0 Å². The van der Waals surface area contributed by atoms with Gasteiger partial charge in [-0.2, -0.15) is 5.10 Å². The molecule has 140 valence electrons. The highest BCUT2D eigenvalue weighted by molar-refractivity contribution is 6.30. The number of benzene rings is 3. The summed E-state index contributed by atoms with van der Waals surface area (Å²) >= 11 is 6.21. The fraction of sp³-hybridized carbons (Fsp3) is 0.136. The van der Waals surface area contributed by atoms with Gasteiger partial charge in [-0.1, -0.05) is 35.9 Å². The molecule has 2 aliphatic rings. The number of ether oxygens (including phenoxy) is 1. The number of nitrogens with zero attached hydrogens (tertiary/aromatic N) is 2. The number of hydrogen-bond donors (Lipinski definition) is 0. The second kappa shape index (κ2) is 6.60. The highest BCUT2D eigenvalue weighted by Crippen LogP contribution is 2.48. The molecule has 0 bridgehead atoms. The Kier molecular flexibility index (Phi) is 4.05. The van der Waals surface area contributed by atoms with Gasteiger partial charge >= 0.3 is 0 Å². The standard InChI is InChI=1S/C22H15ClF2N2O/c23-15-5-10-21-18(11-15)20-12-19(13-1-6-16(24)7-2-13)26-27(20)22(28-21)14-3-8-17(25)9-4-14/h1-11,20,22H,12H2/t20-,22+/m1/s1. The summed E-state index contributed by atoms with van der Waals surface area (Å²) in [6.45, 7) is 0. The number of rotatable bonds is 2. The van der Waals surface area contributed by atoms with Gasteiger partial charge in [0.15, 0.2) is 0 Å². The molecule has 0 amide bonds. The maximum atomic E-state index is 13.4. The minimum atomic E-state index is -0.489. The van der Waals surface area contributed by atoms with E-state index in [1.807, 2.05) is 17.1 Å². The van der Waals surface area contributed by atoms with Crippen LogP contribution in [0.3, 0.4) is 0 Å². The van der Waals surface area contributed by atoms with E-state index in [9.17, 15) is 8.78 Å². The van der Waals surface area contributed by atoms with Crippen molar-refractivity contribution < 1.29 is 13.5 Å². The minimum Gasteiger partial charge on any atom is -0.464 e. The molecule has 3 aromatic carbocycles. The Balaban J connectivity index is 1.59. The van der Waals surface area contributed by atoms with Crippen molar-refractivity contribution in [2.24, 2.45) is 5.10 Å². The molecule has 6 heteroatoms. The van der Waals surface area contributed by atoms with E-state index in [1.54, 1.807) is 30.3 Å². The topological polar surface area (TPSA) is 24.8 Å². The molecule has 5 rings (SSSR count). The summed E-state index contributed by atoms with van der Waals surface area (Å²) in [7, 11) is 0. The molecular formula is C22H15ClF2N2O. The van der Waals surface area contributed by atoms with Gasteiger partial charge in [0.05, 0.1) is 11.8 Å². The summed E-state index contributed by atoms with van der Waals surface area (Å²) in [5.41, 5.74) is 3.45. The van der Waals surface area contributed by atoms with Gasteiger partial charge in [-0.25, -0.2) is 13.8 Å². The fourth-order valence-corrected chi connectivity index (χ4v) is 3.90. The minimum absolute atomic E-state index is 0.0717. The summed E-state index contributed by atoms with van der Waals surface area (Å²) in [5.74, 6) is 0.139. The largest absolute Gasteiger partial charge is 0.464 e. The van der Waals surface area contributed by atoms with Crippen LogP contribution < -0.4 is 4.74 Å². The van der Waals surface area contributed by atoms with E-state index in [4.69, 9.17) is 21.4 Å². The summed E-state index contributed by atoms with van der Waals surface area (Å²) in [6, 6.07) is 18.0. The van der Waals surface area contributed by atoms with Crippen LogP contribution in [0.4, 0.5) is 8.78 Å². The van der Waals surface area contributed by atoms with Gasteiger partial charge in [0.2, 0.25) is 6.23 Å². The molecule has 0 aromatic heterocycles. The van der Waals surface area contributed by atoms with E-state index >= 15 is 0 Å². The highest BCUT2D eigenvalue weighted by atomic mass is 35.5. The van der Waals surface area contributed by atoms with Gasteiger partial charge in [-0.15, -0.1) is 0 Å². The van der Waals surface area contributed by atoms with Crippen molar-refractivity contribution >= 4 is 17.3 Å². The first-order valence-electron chi connectivity index (χ1n) is 8.92. The summed E-state index contributed by atoms with van der Waals surface area (Å²) < 4.78 is 32.9. The van der Waals surface area contributed by atoms with Crippen LogP contribution in [0.25, 0.3) is 0 Å². The molecule has 0 spiro atoms. The monoisotopic (exact) mass is 396 g/mol. The normalized spacial score (nSPS) is 20.2. The average molecular weight is 397 g/mol. The SMILES string of the molecule is Fc1ccc(C2=NN3[C@H](C2)c2cc(Cl)ccc2O[C@H]3c2ccc(F)cc2)cc1. The molecule has 0 fully saturated rings. The smallest absolute Gasteiger partial charge is 0.213 e. The summed E-state index contributed by atoms with van der Waals surface area (Å²) in [4.78, 5) is 0. The van der Waals surface area contributed by atoms with Crippen molar-refractivity contribution in [2.75, 3.05) is 0 Å². The lowest BCUT2D eigenvalue weighted by Crippen LogP contribution is -2.33. The molecular weight excluding hydrogens is 382 g/mol. The molecule has 0 aliphatic carbocycles. The predicted molar refractivity (Wildman–Crippen MR) is 103 cm³/mol. The number of fused-ring (bicyclic) bond motifs is 3. The lowest BCUT2D eigenvalue weighted by Gasteiger charge is -2.38. The molecule has 2 heterocycles. The average Bonchev–Trinajstić information content (AvgIpc) is 3.14. The number of hydrazone groups is 1. The molecule has 3 nitrogen and oxygen atoms in total. The van der Waals surface area contributed by atoms with E-state index in [0.29, 0.717) is 11.4 Å². The van der Waals surface area contributed by atoms with E-state index < -0.39 is 6.23 Å². The predicted octanol–water partition coefficient (Wildman–Crippen LogP) is 5.86. The van der Waals surface area contributed by atoms with E-state index in [0.717, 1.165) is 28.2 Å². The van der Waals surface area contributed by atoms with Crippen molar-refractivity contribution in [3.8, 4) is 5.75 Å². The molecule has 0 saturated carbocycles. The fourth-order valence-electron chi connectivity index (χ4n) is 3.72. The van der Waals surface area contributed by atoms with Crippen molar-refractivity contribution in [2.45, 2.75) is 18.7 Å². The van der Waals surface area contributed by atoms with Gasteiger partial charge in [-0.05, 0) is 48.0 Å². The van der Waals surface area contributed by atoms with Gasteiger partial charge in [0, 0.05) is 22.6 Å². The maximum Gasteiger partial charge on any atom is 0.213 e. The zero-order valence-corrected chi connectivity index (χ0v) is 15.4. The second-order valence-corrected chi connectivity index (χ2v) is 7.29. The molecule has 3 aromatic rings.